The normalized spacial score (nSPS) is 15.9. The molecule has 1 atom stereocenters. The molecule has 0 amide bonds. The van der Waals surface area contributed by atoms with Crippen LogP contribution < -0.4 is 5.01 Å². The van der Waals surface area contributed by atoms with Gasteiger partial charge in [-0.3, -0.25) is 4.79 Å². The number of benzene rings is 3. The summed E-state index contributed by atoms with van der Waals surface area (Å²) in [5, 5.41) is 7.50. The van der Waals surface area contributed by atoms with E-state index in [1.807, 2.05) is 34.2 Å². The number of Topliss-reactive ketones (excluding diaryl/α,β-unsaturated/α-hetero) is 1. The smallest absolute Gasteiger partial charge is 0.196 e. The van der Waals surface area contributed by atoms with Gasteiger partial charge in [0.1, 0.15) is 0 Å². The van der Waals surface area contributed by atoms with Crippen LogP contribution in [0.15, 0.2) is 77.9 Å². The summed E-state index contributed by atoms with van der Waals surface area (Å²) in [6, 6.07) is 23.9. The van der Waals surface area contributed by atoms with Crippen LogP contribution in [0.2, 0.25) is 10.0 Å². The number of carbonyl (C=O) groups excluding carboxylic acids is 1. The van der Waals surface area contributed by atoms with Crippen LogP contribution in [-0.2, 0) is 17.8 Å². The Morgan fingerprint density at radius 1 is 0.935 bits per heavy atom. The minimum absolute atomic E-state index is 0.0892. The number of nitrogens with zero attached hydrogens (tertiary/aromatic N) is 3. The highest BCUT2D eigenvalue weighted by atomic mass is 35.5. The molecule has 1 aliphatic heterocycles. The molecule has 4 nitrogen and oxygen atoms in total. The highest BCUT2D eigenvalue weighted by Gasteiger charge is 2.38. The summed E-state index contributed by atoms with van der Waals surface area (Å²) in [6.45, 7) is 4.23. The van der Waals surface area contributed by atoms with Crippen molar-refractivity contribution in [2.45, 2.75) is 33.0 Å². The molecule has 0 spiro atoms. The zero-order chi connectivity index (χ0) is 22.0. The molecular formula is C25H23Cl2N3O. The largest absolute Gasteiger partial charge is 0.322 e. The Morgan fingerprint density at radius 2 is 1.65 bits per heavy atom. The molecule has 0 unspecified atom stereocenters. The molecular weight excluding hydrogens is 429 g/mol. The van der Waals surface area contributed by atoms with Gasteiger partial charge in [0.2, 0.25) is 0 Å². The predicted octanol–water partition coefficient (Wildman–Crippen LogP) is 6.48. The second-order valence-corrected chi connectivity index (χ2v) is 8.32. The quantitative estimate of drug-likeness (QED) is 0.430. The summed E-state index contributed by atoms with van der Waals surface area (Å²) in [5.74, 6) is 0.327. The van der Waals surface area contributed by atoms with Crippen molar-refractivity contribution in [1.29, 1.82) is 0 Å². The number of ketones is 1. The van der Waals surface area contributed by atoms with Gasteiger partial charge in [-0.2, -0.15) is 0 Å². The molecule has 4 rings (SSSR count). The van der Waals surface area contributed by atoms with Gasteiger partial charge in [0.05, 0.1) is 15.7 Å². The van der Waals surface area contributed by atoms with Crippen LogP contribution in [0.3, 0.4) is 0 Å². The molecule has 0 bridgehead atoms. The maximum Gasteiger partial charge on any atom is 0.196 e. The molecule has 1 aliphatic rings. The third-order valence-corrected chi connectivity index (χ3v) is 6.10. The number of hydrogen-bond acceptors (Lipinski definition) is 4. The Labute approximate surface area is 192 Å². The molecule has 3 aromatic rings. The van der Waals surface area contributed by atoms with Crippen LogP contribution in [0, 0.1) is 0 Å². The van der Waals surface area contributed by atoms with Crippen molar-refractivity contribution in [2.75, 3.05) is 5.01 Å². The zero-order valence-electron chi connectivity index (χ0n) is 17.4. The Balaban J connectivity index is 1.82. The first-order chi connectivity index (χ1) is 15.0. The first kappa shape index (κ1) is 21.4. The zero-order valence-corrected chi connectivity index (χ0v) is 18.9. The third kappa shape index (κ3) is 4.46. The predicted molar refractivity (Wildman–Crippen MR) is 128 cm³/mol. The van der Waals surface area contributed by atoms with Crippen LogP contribution in [0.5, 0.6) is 0 Å². The van der Waals surface area contributed by atoms with E-state index in [9.17, 15) is 4.79 Å². The topological polar surface area (TPSA) is 35.9 Å². The fraction of sp³-hybridized carbons (Fsp3) is 0.200. The van der Waals surface area contributed by atoms with Crippen molar-refractivity contribution in [2.24, 2.45) is 5.10 Å². The van der Waals surface area contributed by atoms with E-state index in [0.717, 1.165) is 23.2 Å². The number of hydrogen-bond donors (Lipinski definition) is 0. The highest BCUT2D eigenvalue weighted by molar-refractivity contribution is 6.42. The average molecular weight is 452 g/mol. The number of carbonyl (C=O) groups is 1. The lowest BCUT2D eigenvalue weighted by Crippen LogP contribution is -2.37. The van der Waals surface area contributed by atoms with Crippen LogP contribution >= 0.6 is 23.2 Å². The number of anilines is 1. The van der Waals surface area contributed by atoms with Gasteiger partial charge in [0.25, 0.3) is 0 Å². The van der Waals surface area contributed by atoms with Gasteiger partial charge in [0.15, 0.2) is 17.8 Å². The van der Waals surface area contributed by atoms with Gasteiger partial charge in [-0.1, -0.05) is 84.7 Å². The summed E-state index contributed by atoms with van der Waals surface area (Å²) in [6.07, 6.45) is 0.673. The van der Waals surface area contributed by atoms with Crippen LogP contribution in [0.25, 0.3) is 0 Å². The highest BCUT2D eigenvalue weighted by Crippen LogP contribution is 2.39. The van der Waals surface area contributed by atoms with Crippen molar-refractivity contribution in [3.63, 3.8) is 0 Å². The van der Waals surface area contributed by atoms with Crippen molar-refractivity contribution >= 4 is 40.5 Å². The number of amidine groups is 1. The Hall–Kier alpha value is -2.82. The van der Waals surface area contributed by atoms with E-state index in [4.69, 9.17) is 28.3 Å². The van der Waals surface area contributed by atoms with Gasteiger partial charge in [-0.05, 0) is 41.3 Å². The molecule has 6 heteroatoms. The third-order valence-electron chi connectivity index (χ3n) is 5.37. The SMILES string of the molecule is CCc1ccc([C@H]2N(Cc3ccccc3)C(C(C)=O)=NN2c2ccc(Cl)c(Cl)c2)cc1. The van der Waals surface area contributed by atoms with Crippen molar-refractivity contribution in [1.82, 2.24) is 4.90 Å². The number of aryl methyl sites for hydroxylation is 1. The van der Waals surface area contributed by atoms with Gasteiger partial charge in [0, 0.05) is 13.5 Å². The molecule has 3 aromatic carbocycles. The average Bonchev–Trinajstić information content (AvgIpc) is 3.16. The minimum Gasteiger partial charge on any atom is -0.322 e. The van der Waals surface area contributed by atoms with E-state index in [0.29, 0.717) is 22.4 Å². The van der Waals surface area contributed by atoms with Crippen LogP contribution in [0.4, 0.5) is 5.69 Å². The summed E-state index contributed by atoms with van der Waals surface area (Å²) in [5.41, 5.74) is 4.17. The maximum atomic E-state index is 12.6. The molecule has 1 heterocycles. The first-order valence-electron chi connectivity index (χ1n) is 10.2. The van der Waals surface area contributed by atoms with Crippen molar-refractivity contribution in [3.05, 3.63) is 99.5 Å². The second kappa shape index (κ2) is 9.13. The minimum atomic E-state index is -0.290. The van der Waals surface area contributed by atoms with Crippen LogP contribution in [0.1, 0.15) is 36.7 Å². The Kier molecular flexibility index (Phi) is 6.30. The lowest BCUT2D eigenvalue weighted by atomic mass is 10.1. The molecule has 0 aromatic heterocycles. The van der Waals surface area contributed by atoms with E-state index >= 15 is 0 Å². The van der Waals surface area contributed by atoms with Crippen LogP contribution in [-0.4, -0.2) is 16.5 Å². The van der Waals surface area contributed by atoms with E-state index < -0.39 is 0 Å². The van der Waals surface area contributed by atoms with Gasteiger partial charge >= 0.3 is 0 Å². The molecule has 31 heavy (non-hydrogen) atoms. The lowest BCUT2D eigenvalue weighted by molar-refractivity contribution is -0.111. The molecule has 0 fully saturated rings. The van der Waals surface area contributed by atoms with Crippen molar-refractivity contribution < 1.29 is 4.79 Å². The molecule has 0 saturated carbocycles. The van der Waals surface area contributed by atoms with Gasteiger partial charge < -0.3 is 4.90 Å². The summed E-state index contributed by atoms with van der Waals surface area (Å²) < 4.78 is 0. The Bertz CT molecular complexity index is 1110. The summed E-state index contributed by atoms with van der Waals surface area (Å²) >= 11 is 12.4. The number of rotatable bonds is 6. The number of hydrazone groups is 1. The molecule has 158 valence electrons. The molecule has 0 radical (unpaired) electrons. The van der Waals surface area contributed by atoms with Gasteiger partial charge in [-0.25, -0.2) is 5.01 Å². The first-order valence-corrected chi connectivity index (χ1v) is 11.0. The summed E-state index contributed by atoms with van der Waals surface area (Å²) in [4.78, 5) is 14.6. The van der Waals surface area contributed by atoms with E-state index in [-0.39, 0.29) is 11.9 Å². The number of halogens is 2. The monoisotopic (exact) mass is 451 g/mol. The van der Waals surface area contributed by atoms with E-state index in [2.05, 4.69) is 43.3 Å². The summed E-state index contributed by atoms with van der Waals surface area (Å²) in [7, 11) is 0. The van der Waals surface area contributed by atoms with E-state index in [1.54, 1.807) is 19.1 Å². The lowest BCUT2D eigenvalue weighted by Gasteiger charge is -2.32. The molecule has 0 aliphatic carbocycles. The second-order valence-electron chi connectivity index (χ2n) is 7.51. The van der Waals surface area contributed by atoms with Gasteiger partial charge in [-0.15, -0.1) is 5.10 Å². The standard InChI is InChI=1S/C25H23Cl2N3O/c1-3-18-9-11-20(12-10-18)25-29(16-19-7-5-4-6-8-19)24(17(2)31)28-30(25)21-13-14-22(26)23(27)15-21/h4-15,25H,3,16H2,1-2H3/t25-/m0/s1. The fourth-order valence-electron chi connectivity index (χ4n) is 3.75. The van der Waals surface area contributed by atoms with E-state index in [1.165, 1.54) is 5.56 Å². The maximum absolute atomic E-state index is 12.6. The molecule has 0 saturated heterocycles. The fourth-order valence-corrected chi connectivity index (χ4v) is 4.04. The Morgan fingerprint density at radius 3 is 2.26 bits per heavy atom. The molecule has 0 N–H and O–H groups in total. The van der Waals surface area contributed by atoms with Crippen molar-refractivity contribution in [3.8, 4) is 0 Å².